The fourth-order valence-corrected chi connectivity index (χ4v) is 5.88. The number of nitriles is 1. The lowest BCUT2D eigenvalue weighted by molar-refractivity contribution is 0.102. The van der Waals surface area contributed by atoms with E-state index in [0.29, 0.717) is 35.5 Å². The average molecular weight is 404 g/mol. The van der Waals surface area contributed by atoms with Gasteiger partial charge in [0.1, 0.15) is 11.1 Å². The van der Waals surface area contributed by atoms with Gasteiger partial charge in [0, 0.05) is 18.7 Å². The number of amides is 1. The van der Waals surface area contributed by atoms with Crippen molar-refractivity contribution in [3.8, 4) is 6.07 Å². The van der Waals surface area contributed by atoms with E-state index in [9.17, 15) is 13.2 Å². The molecule has 1 saturated heterocycles. The summed E-state index contributed by atoms with van der Waals surface area (Å²) in [6.45, 7) is 5.08. The smallest absolute Gasteiger partial charge is 0.256 e. The minimum absolute atomic E-state index is 0.114. The number of hydrogen-bond acceptors (Lipinski definition) is 5. The Kier molecular flexibility index (Phi) is 5.65. The lowest BCUT2D eigenvalue weighted by Crippen LogP contribution is -2.42. The Morgan fingerprint density at radius 2 is 1.96 bits per heavy atom. The minimum atomic E-state index is -3.66. The highest BCUT2D eigenvalue weighted by atomic mass is 32.2. The molecule has 0 saturated carbocycles. The summed E-state index contributed by atoms with van der Waals surface area (Å²) in [4.78, 5) is 12.6. The van der Waals surface area contributed by atoms with Gasteiger partial charge in [0.25, 0.3) is 5.91 Å². The molecule has 0 bridgehead atoms. The summed E-state index contributed by atoms with van der Waals surface area (Å²) in [5.41, 5.74) is 0.625. The molecule has 1 aromatic heterocycles. The maximum absolute atomic E-state index is 13.0. The lowest BCUT2D eigenvalue weighted by Gasteiger charge is -2.34. The number of anilines is 1. The van der Waals surface area contributed by atoms with Gasteiger partial charge in [0.05, 0.1) is 10.5 Å². The highest BCUT2D eigenvalue weighted by Gasteiger charge is 2.32. The zero-order valence-electron chi connectivity index (χ0n) is 15.2. The molecule has 0 radical (unpaired) electrons. The molecule has 2 atom stereocenters. The molecule has 1 aromatic carbocycles. The molecule has 1 amide bonds. The summed E-state index contributed by atoms with van der Waals surface area (Å²) in [5, 5.41) is 13.9. The van der Waals surface area contributed by atoms with Crippen LogP contribution in [0.15, 0.2) is 40.6 Å². The zero-order chi connectivity index (χ0) is 19.6. The molecule has 1 aliphatic rings. The van der Waals surface area contributed by atoms with Crippen molar-refractivity contribution in [3.05, 3.63) is 46.8 Å². The van der Waals surface area contributed by atoms with Crippen molar-refractivity contribution in [1.82, 2.24) is 4.31 Å². The molecule has 1 fully saturated rings. The summed E-state index contributed by atoms with van der Waals surface area (Å²) >= 11 is 1.25. The Morgan fingerprint density at radius 3 is 2.63 bits per heavy atom. The first-order chi connectivity index (χ1) is 12.8. The minimum Gasteiger partial charge on any atom is -0.312 e. The number of carbonyl (C=O) groups is 1. The van der Waals surface area contributed by atoms with Crippen LogP contribution < -0.4 is 5.32 Å². The van der Waals surface area contributed by atoms with E-state index >= 15 is 0 Å². The number of hydrogen-bond donors (Lipinski definition) is 1. The maximum atomic E-state index is 13.0. The van der Waals surface area contributed by atoms with Crippen LogP contribution in [0.2, 0.25) is 0 Å². The number of nitrogens with one attached hydrogen (secondary N) is 1. The van der Waals surface area contributed by atoms with Gasteiger partial charge < -0.3 is 5.32 Å². The van der Waals surface area contributed by atoms with Gasteiger partial charge in [0.2, 0.25) is 10.0 Å². The summed E-state index contributed by atoms with van der Waals surface area (Å²) in [6.07, 6.45) is 1.01. The van der Waals surface area contributed by atoms with Crippen LogP contribution in [0.1, 0.15) is 36.2 Å². The van der Waals surface area contributed by atoms with Gasteiger partial charge in [-0.05, 0) is 47.9 Å². The van der Waals surface area contributed by atoms with Crippen molar-refractivity contribution >= 4 is 32.3 Å². The van der Waals surface area contributed by atoms with Gasteiger partial charge in [-0.15, -0.1) is 11.3 Å². The van der Waals surface area contributed by atoms with Crippen LogP contribution in [-0.2, 0) is 10.0 Å². The molecule has 8 heteroatoms. The van der Waals surface area contributed by atoms with Gasteiger partial charge >= 0.3 is 0 Å². The van der Waals surface area contributed by atoms with Crippen LogP contribution >= 0.6 is 11.3 Å². The Labute approximate surface area is 163 Å². The number of thiophene rings is 1. The maximum Gasteiger partial charge on any atom is 0.256 e. The Hall–Kier alpha value is -2.21. The predicted molar refractivity (Wildman–Crippen MR) is 105 cm³/mol. The lowest BCUT2D eigenvalue weighted by atomic mass is 9.94. The van der Waals surface area contributed by atoms with Crippen molar-refractivity contribution in [2.24, 2.45) is 11.8 Å². The fraction of sp³-hybridized carbons (Fsp3) is 0.368. The van der Waals surface area contributed by atoms with E-state index in [1.165, 1.54) is 27.8 Å². The first kappa shape index (κ1) is 19.5. The van der Waals surface area contributed by atoms with E-state index < -0.39 is 15.9 Å². The highest BCUT2D eigenvalue weighted by Crippen LogP contribution is 2.27. The van der Waals surface area contributed by atoms with Crippen LogP contribution in [0.25, 0.3) is 0 Å². The third-order valence-corrected chi connectivity index (χ3v) is 7.24. The average Bonchev–Trinajstić information content (AvgIpc) is 3.08. The second-order valence-electron chi connectivity index (χ2n) is 7.03. The van der Waals surface area contributed by atoms with Gasteiger partial charge in [0.15, 0.2) is 0 Å². The van der Waals surface area contributed by atoms with Crippen molar-refractivity contribution in [2.75, 3.05) is 18.4 Å². The Balaban J connectivity index is 1.84. The van der Waals surface area contributed by atoms with Gasteiger partial charge in [-0.1, -0.05) is 19.9 Å². The Morgan fingerprint density at radius 1 is 1.26 bits per heavy atom. The first-order valence-electron chi connectivity index (χ1n) is 8.70. The number of benzene rings is 1. The second-order valence-corrected chi connectivity index (χ2v) is 9.88. The molecule has 0 aliphatic carbocycles. The van der Waals surface area contributed by atoms with Crippen LogP contribution in [0.3, 0.4) is 0 Å². The van der Waals surface area contributed by atoms with Gasteiger partial charge in [-0.3, -0.25) is 4.79 Å². The van der Waals surface area contributed by atoms with E-state index in [1.54, 1.807) is 23.6 Å². The van der Waals surface area contributed by atoms with E-state index in [0.717, 1.165) is 6.42 Å². The van der Waals surface area contributed by atoms with E-state index in [2.05, 4.69) is 19.2 Å². The number of nitrogens with zero attached hydrogens (tertiary/aromatic N) is 2. The first-order valence-corrected chi connectivity index (χ1v) is 11.0. The third-order valence-electron chi connectivity index (χ3n) is 4.58. The summed E-state index contributed by atoms with van der Waals surface area (Å²) in [5.74, 6) is 0.169. The molecule has 27 heavy (non-hydrogen) atoms. The van der Waals surface area contributed by atoms with Crippen molar-refractivity contribution in [2.45, 2.75) is 25.2 Å². The van der Waals surface area contributed by atoms with Gasteiger partial charge in [-0.2, -0.15) is 9.57 Å². The van der Waals surface area contributed by atoms with Crippen molar-refractivity contribution in [1.29, 1.82) is 5.26 Å². The SMILES string of the molecule is C[C@@H]1C[C@@H](C)CN(S(=O)(=O)c2cccc(C(=O)Nc3sccc3C#N)c2)C1. The molecule has 142 valence electrons. The summed E-state index contributed by atoms with van der Waals surface area (Å²) in [7, 11) is -3.66. The second kappa shape index (κ2) is 7.80. The topological polar surface area (TPSA) is 90.3 Å². The van der Waals surface area contributed by atoms with Crippen LogP contribution in [0, 0.1) is 23.2 Å². The molecular weight excluding hydrogens is 382 g/mol. The number of piperidine rings is 1. The third kappa shape index (κ3) is 4.21. The zero-order valence-corrected chi connectivity index (χ0v) is 16.8. The molecule has 3 rings (SSSR count). The number of rotatable bonds is 4. The number of sulfonamides is 1. The monoisotopic (exact) mass is 403 g/mol. The van der Waals surface area contributed by atoms with Gasteiger partial charge in [-0.25, -0.2) is 8.42 Å². The summed E-state index contributed by atoms with van der Waals surface area (Å²) < 4.78 is 27.6. The largest absolute Gasteiger partial charge is 0.312 e. The van der Waals surface area contributed by atoms with Crippen LogP contribution in [-0.4, -0.2) is 31.7 Å². The molecule has 1 aliphatic heterocycles. The van der Waals surface area contributed by atoms with E-state index in [4.69, 9.17) is 5.26 Å². The van der Waals surface area contributed by atoms with Crippen LogP contribution in [0.5, 0.6) is 0 Å². The number of carbonyl (C=O) groups excluding carboxylic acids is 1. The van der Waals surface area contributed by atoms with E-state index in [1.807, 2.05) is 6.07 Å². The molecule has 0 spiro atoms. The van der Waals surface area contributed by atoms with Crippen molar-refractivity contribution in [3.63, 3.8) is 0 Å². The normalized spacial score (nSPS) is 20.8. The highest BCUT2D eigenvalue weighted by molar-refractivity contribution is 7.89. The molecule has 0 unspecified atom stereocenters. The fourth-order valence-electron chi connectivity index (χ4n) is 3.42. The molecule has 2 heterocycles. The van der Waals surface area contributed by atoms with Crippen molar-refractivity contribution < 1.29 is 13.2 Å². The van der Waals surface area contributed by atoms with Crippen LogP contribution in [0.4, 0.5) is 5.00 Å². The van der Waals surface area contributed by atoms with E-state index in [-0.39, 0.29) is 10.5 Å². The summed E-state index contributed by atoms with van der Waals surface area (Å²) in [6, 6.07) is 9.68. The molecule has 6 nitrogen and oxygen atoms in total. The quantitative estimate of drug-likeness (QED) is 0.845. The standard InChI is InChI=1S/C19H21N3O3S2/c1-13-8-14(2)12-22(11-13)27(24,25)17-5-3-4-15(9-17)18(23)21-19-16(10-20)6-7-26-19/h3-7,9,13-14H,8,11-12H2,1-2H3,(H,21,23)/t13-,14-/m1/s1. The molecular formula is C19H21N3O3S2. The molecule has 1 N–H and O–H groups in total. The molecule has 2 aromatic rings. The Bertz CT molecular complexity index is 982. The predicted octanol–water partition coefficient (Wildman–Crippen LogP) is 3.54.